The summed E-state index contributed by atoms with van der Waals surface area (Å²) in [5.74, 6) is 1.94. The first-order chi connectivity index (χ1) is 10.1. The van der Waals surface area contributed by atoms with Crippen LogP contribution in [0.4, 0.5) is 0 Å². The largest absolute Gasteiger partial charge is 0.493 e. The first-order valence-electron chi connectivity index (χ1n) is 7.56. The Morgan fingerprint density at radius 1 is 0.667 bits per heavy atom. The third-order valence-electron chi connectivity index (χ3n) is 4.45. The predicted octanol–water partition coefficient (Wildman–Crippen LogP) is 4.75. The molecule has 110 valence electrons. The number of hydrogen-bond donors (Lipinski definition) is 0. The van der Waals surface area contributed by atoms with Gasteiger partial charge in [-0.15, -0.1) is 0 Å². The molecule has 2 aromatic rings. The second kappa shape index (κ2) is 5.44. The summed E-state index contributed by atoms with van der Waals surface area (Å²) in [6, 6.07) is 8.46. The van der Waals surface area contributed by atoms with E-state index in [9.17, 15) is 0 Å². The van der Waals surface area contributed by atoms with Crippen LogP contribution in [0.25, 0.3) is 11.1 Å². The molecule has 0 aliphatic carbocycles. The Labute approximate surface area is 126 Å². The van der Waals surface area contributed by atoms with E-state index in [1.807, 2.05) is 0 Å². The van der Waals surface area contributed by atoms with Crippen molar-refractivity contribution in [3.63, 3.8) is 0 Å². The summed E-state index contributed by atoms with van der Waals surface area (Å²) in [7, 11) is 0. The van der Waals surface area contributed by atoms with Crippen LogP contribution in [0.3, 0.4) is 0 Å². The molecule has 0 spiro atoms. The van der Waals surface area contributed by atoms with Crippen LogP contribution < -0.4 is 9.47 Å². The molecule has 0 bridgehead atoms. The number of hydrogen-bond acceptors (Lipinski definition) is 2. The zero-order chi connectivity index (χ0) is 15.0. The van der Waals surface area contributed by atoms with Gasteiger partial charge >= 0.3 is 0 Å². The summed E-state index contributed by atoms with van der Waals surface area (Å²) in [4.78, 5) is 0. The molecule has 0 aromatic heterocycles. The van der Waals surface area contributed by atoms with Gasteiger partial charge in [-0.25, -0.2) is 0 Å². The summed E-state index contributed by atoms with van der Waals surface area (Å²) in [6.07, 6.45) is 0.902. The maximum atomic E-state index is 6.02. The van der Waals surface area contributed by atoms with Gasteiger partial charge in [0.2, 0.25) is 0 Å². The maximum absolute atomic E-state index is 6.02. The van der Waals surface area contributed by atoms with Crippen molar-refractivity contribution in [3.8, 4) is 22.6 Å². The predicted molar refractivity (Wildman–Crippen MR) is 86.4 cm³/mol. The van der Waals surface area contributed by atoms with Crippen molar-refractivity contribution in [1.29, 1.82) is 0 Å². The molecule has 2 nitrogen and oxygen atoms in total. The van der Waals surface area contributed by atoms with Gasteiger partial charge in [0.25, 0.3) is 0 Å². The fourth-order valence-corrected chi connectivity index (χ4v) is 2.87. The number of benzene rings is 2. The molecule has 2 aromatic carbocycles. The van der Waals surface area contributed by atoms with Crippen molar-refractivity contribution in [1.82, 2.24) is 0 Å². The van der Waals surface area contributed by atoms with Gasteiger partial charge in [-0.1, -0.05) is 12.1 Å². The lowest BCUT2D eigenvalue weighted by Gasteiger charge is -2.19. The van der Waals surface area contributed by atoms with Gasteiger partial charge in [0, 0.05) is 17.5 Å². The molecule has 2 heteroatoms. The molecular formula is C19H22O2. The van der Waals surface area contributed by atoms with Gasteiger partial charge in [-0.3, -0.25) is 0 Å². The smallest absolute Gasteiger partial charge is 0.127 e. The van der Waals surface area contributed by atoms with Gasteiger partial charge in [-0.05, 0) is 62.1 Å². The quantitative estimate of drug-likeness (QED) is 0.694. The third-order valence-corrected chi connectivity index (χ3v) is 4.45. The highest BCUT2D eigenvalue weighted by atomic mass is 16.5. The highest BCUT2D eigenvalue weighted by Crippen LogP contribution is 2.43. The summed E-state index contributed by atoms with van der Waals surface area (Å²) in [5, 5.41) is 0. The zero-order valence-corrected chi connectivity index (χ0v) is 13.2. The summed E-state index contributed by atoms with van der Waals surface area (Å²) < 4.78 is 12.0. The van der Waals surface area contributed by atoms with Crippen LogP contribution in [0.1, 0.15) is 28.7 Å². The van der Waals surface area contributed by atoms with E-state index in [0.29, 0.717) is 13.2 Å². The van der Waals surface area contributed by atoms with Crippen LogP contribution >= 0.6 is 0 Å². The van der Waals surface area contributed by atoms with Crippen LogP contribution in [0.5, 0.6) is 11.5 Å². The van der Waals surface area contributed by atoms with Crippen molar-refractivity contribution in [3.05, 3.63) is 46.5 Å². The Hall–Kier alpha value is -1.96. The average molecular weight is 282 g/mol. The molecule has 1 aliphatic rings. The number of aryl methyl sites for hydroxylation is 2. The molecule has 21 heavy (non-hydrogen) atoms. The lowest BCUT2D eigenvalue weighted by molar-refractivity contribution is 0.252. The van der Waals surface area contributed by atoms with Gasteiger partial charge in [0.1, 0.15) is 11.5 Å². The van der Waals surface area contributed by atoms with E-state index in [-0.39, 0.29) is 0 Å². The molecule has 0 saturated carbocycles. The Morgan fingerprint density at radius 2 is 1.10 bits per heavy atom. The lowest BCUT2D eigenvalue weighted by Crippen LogP contribution is -2.03. The zero-order valence-electron chi connectivity index (χ0n) is 13.2. The van der Waals surface area contributed by atoms with Crippen molar-refractivity contribution in [2.24, 2.45) is 0 Å². The molecule has 0 unspecified atom stereocenters. The monoisotopic (exact) mass is 282 g/mol. The molecule has 0 N–H and O–H groups in total. The molecule has 0 atom stereocenters. The number of rotatable bonds is 0. The average Bonchev–Trinajstić information content (AvgIpc) is 2.56. The Morgan fingerprint density at radius 3 is 1.52 bits per heavy atom. The van der Waals surface area contributed by atoms with Crippen LogP contribution in [0.2, 0.25) is 0 Å². The van der Waals surface area contributed by atoms with E-state index in [4.69, 9.17) is 9.47 Å². The topological polar surface area (TPSA) is 18.5 Å². The third kappa shape index (κ3) is 2.39. The van der Waals surface area contributed by atoms with Gasteiger partial charge < -0.3 is 9.47 Å². The van der Waals surface area contributed by atoms with Crippen LogP contribution in [-0.4, -0.2) is 13.2 Å². The highest BCUT2D eigenvalue weighted by molar-refractivity contribution is 5.82. The minimum absolute atomic E-state index is 0.696. The molecular weight excluding hydrogens is 260 g/mol. The first-order valence-corrected chi connectivity index (χ1v) is 7.56. The fourth-order valence-electron chi connectivity index (χ4n) is 2.87. The van der Waals surface area contributed by atoms with Gasteiger partial charge in [0.15, 0.2) is 0 Å². The number of fused-ring (bicyclic) bond motifs is 3. The summed E-state index contributed by atoms with van der Waals surface area (Å²) >= 11 is 0. The minimum atomic E-state index is 0.696. The molecule has 0 radical (unpaired) electrons. The standard InChI is InChI=1S/C19H22O2/c1-12-6-8-16-18(14(12)3)19-15(4)13(2)7-9-17(19)21-11-5-10-20-16/h6-9H,5,10-11H2,1-4H3. The van der Waals surface area contributed by atoms with Crippen LogP contribution in [0, 0.1) is 27.7 Å². The van der Waals surface area contributed by atoms with E-state index in [1.165, 1.54) is 33.4 Å². The Bertz CT molecular complexity index is 627. The molecule has 0 saturated heterocycles. The summed E-state index contributed by atoms with van der Waals surface area (Å²) in [5.41, 5.74) is 7.48. The highest BCUT2D eigenvalue weighted by Gasteiger charge is 2.20. The van der Waals surface area contributed by atoms with Crippen molar-refractivity contribution >= 4 is 0 Å². The van der Waals surface area contributed by atoms with Crippen LogP contribution in [-0.2, 0) is 0 Å². The van der Waals surface area contributed by atoms with Crippen molar-refractivity contribution in [2.75, 3.05) is 13.2 Å². The fraction of sp³-hybridized carbons (Fsp3) is 0.368. The van der Waals surface area contributed by atoms with E-state index >= 15 is 0 Å². The molecule has 0 amide bonds. The van der Waals surface area contributed by atoms with Crippen molar-refractivity contribution < 1.29 is 9.47 Å². The second-order valence-electron chi connectivity index (χ2n) is 5.81. The van der Waals surface area contributed by atoms with Crippen LogP contribution in [0.15, 0.2) is 24.3 Å². The minimum Gasteiger partial charge on any atom is -0.493 e. The van der Waals surface area contributed by atoms with E-state index in [0.717, 1.165) is 17.9 Å². The van der Waals surface area contributed by atoms with E-state index in [2.05, 4.69) is 52.0 Å². The SMILES string of the molecule is Cc1ccc2c(c1C)-c1c(ccc(C)c1C)OCCCO2. The Kier molecular flexibility index (Phi) is 3.62. The maximum Gasteiger partial charge on any atom is 0.127 e. The molecule has 1 aliphatic heterocycles. The molecule has 0 fully saturated rings. The first kappa shape index (κ1) is 14.0. The molecule has 1 heterocycles. The Balaban J connectivity index is 2.36. The summed E-state index contributed by atoms with van der Waals surface area (Å²) in [6.45, 7) is 10.0. The van der Waals surface area contributed by atoms with Gasteiger partial charge in [-0.2, -0.15) is 0 Å². The van der Waals surface area contributed by atoms with E-state index in [1.54, 1.807) is 0 Å². The number of ether oxygens (including phenoxy) is 2. The molecule has 3 rings (SSSR count). The second-order valence-corrected chi connectivity index (χ2v) is 5.81. The van der Waals surface area contributed by atoms with Crippen molar-refractivity contribution in [2.45, 2.75) is 34.1 Å². The normalized spacial score (nSPS) is 13.9. The van der Waals surface area contributed by atoms with Gasteiger partial charge in [0.05, 0.1) is 13.2 Å². The lowest BCUT2D eigenvalue weighted by atomic mass is 9.90. The van der Waals surface area contributed by atoms with E-state index < -0.39 is 0 Å².